The Kier molecular flexibility index (Phi) is 3.50. The van der Waals surface area contributed by atoms with Crippen molar-refractivity contribution in [2.45, 2.75) is 39.5 Å². The zero-order valence-corrected chi connectivity index (χ0v) is 10.9. The first-order valence-corrected chi connectivity index (χ1v) is 6.31. The smallest absolute Gasteiger partial charge is 0.309 e. The van der Waals surface area contributed by atoms with Gasteiger partial charge in [-0.25, -0.2) is 9.97 Å². The highest BCUT2D eigenvalue weighted by Crippen LogP contribution is 2.26. The summed E-state index contributed by atoms with van der Waals surface area (Å²) in [4.78, 5) is 19.5. The quantitative estimate of drug-likeness (QED) is 0.833. The van der Waals surface area contributed by atoms with E-state index in [1.54, 1.807) is 20.2 Å². The highest BCUT2D eigenvalue weighted by atomic mass is 16.4. The van der Waals surface area contributed by atoms with E-state index in [-0.39, 0.29) is 0 Å². The average Bonchev–Trinajstić information content (AvgIpc) is 2.77. The van der Waals surface area contributed by atoms with E-state index < -0.39 is 11.4 Å². The molecule has 0 radical (unpaired) electrons. The Morgan fingerprint density at radius 3 is 2.94 bits per heavy atom. The minimum absolute atomic E-state index is 0.571. The van der Waals surface area contributed by atoms with Crippen LogP contribution in [0.1, 0.15) is 37.9 Å². The summed E-state index contributed by atoms with van der Waals surface area (Å²) in [6.45, 7) is 4.09. The molecule has 0 saturated heterocycles. The first kappa shape index (κ1) is 12.8. The number of carboxylic acid groups (broad SMARTS) is 1. The maximum atomic E-state index is 11.0. The summed E-state index contributed by atoms with van der Waals surface area (Å²) in [5.41, 5.74) is 1.62. The molecule has 2 rings (SSSR count). The first-order valence-electron chi connectivity index (χ1n) is 6.31. The predicted octanol–water partition coefficient (Wildman–Crippen LogP) is 1.88. The third-order valence-electron chi connectivity index (χ3n) is 3.50. The second kappa shape index (κ2) is 4.92. The number of hydrogen-bond acceptors (Lipinski definition) is 4. The average molecular weight is 249 g/mol. The molecule has 1 aliphatic carbocycles. The van der Waals surface area contributed by atoms with Crippen LogP contribution in [0.4, 0.5) is 5.82 Å². The van der Waals surface area contributed by atoms with Crippen molar-refractivity contribution in [1.29, 1.82) is 0 Å². The SMILES string of the molecule is CC(C)(CCNc1ncnc2c1CCC2)C(=O)O. The number of carboxylic acids is 1. The standard InChI is InChI=1S/C13H19N3O2/c1-13(2,12(17)18)6-7-14-11-9-4-3-5-10(9)15-8-16-11/h8H,3-7H2,1-2H3,(H,17,18)(H,14,15,16). The van der Waals surface area contributed by atoms with E-state index in [0.717, 1.165) is 30.8 Å². The summed E-state index contributed by atoms with van der Waals surface area (Å²) in [5, 5.41) is 12.3. The van der Waals surface area contributed by atoms with Gasteiger partial charge in [-0.3, -0.25) is 4.79 Å². The summed E-state index contributed by atoms with van der Waals surface area (Å²) in [6.07, 6.45) is 5.31. The van der Waals surface area contributed by atoms with Crippen molar-refractivity contribution in [3.8, 4) is 0 Å². The summed E-state index contributed by atoms with van der Waals surface area (Å²) in [5.74, 6) is 0.107. The molecule has 2 N–H and O–H groups in total. The van der Waals surface area contributed by atoms with E-state index in [2.05, 4.69) is 15.3 Å². The van der Waals surface area contributed by atoms with E-state index in [1.807, 2.05) is 0 Å². The van der Waals surface area contributed by atoms with E-state index in [9.17, 15) is 4.79 Å². The summed E-state index contributed by atoms with van der Waals surface area (Å²) in [7, 11) is 0. The minimum Gasteiger partial charge on any atom is -0.481 e. The van der Waals surface area contributed by atoms with E-state index in [1.165, 1.54) is 5.56 Å². The maximum Gasteiger partial charge on any atom is 0.309 e. The molecule has 0 saturated carbocycles. The van der Waals surface area contributed by atoms with Crippen LogP contribution in [-0.2, 0) is 17.6 Å². The van der Waals surface area contributed by atoms with Crippen LogP contribution in [-0.4, -0.2) is 27.6 Å². The number of aromatic nitrogens is 2. The number of nitrogens with one attached hydrogen (secondary N) is 1. The Balaban J connectivity index is 1.96. The van der Waals surface area contributed by atoms with Crippen LogP contribution in [0.3, 0.4) is 0 Å². The molecule has 0 amide bonds. The lowest BCUT2D eigenvalue weighted by Gasteiger charge is -2.19. The zero-order chi connectivity index (χ0) is 13.2. The van der Waals surface area contributed by atoms with Gasteiger partial charge in [-0.15, -0.1) is 0 Å². The molecule has 0 aromatic carbocycles. The van der Waals surface area contributed by atoms with Crippen LogP contribution in [0.5, 0.6) is 0 Å². The fourth-order valence-electron chi connectivity index (χ4n) is 2.11. The van der Waals surface area contributed by atoms with Gasteiger partial charge in [0.1, 0.15) is 12.1 Å². The van der Waals surface area contributed by atoms with Gasteiger partial charge in [0.05, 0.1) is 5.41 Å². The molecule has 1 aromatic heterocycles. The maximum absolute atomic E-state index is 11.0. The lowest BCUT2D eigenvalue weighted by atomic mass is 9.90. The highest BCUT2D eigenvalue weighted by Gasteiger charge is 2.26. The molecular weight excluding hydrogens is 230 g/mol. The number of rotatable bonds is 5. The summed E-state index contributed by atoms with van der Waals surface area (Å²) >= 11 is 0. The van der Waals surface area contributed by atoms with E-state index >= 15 is 0 Å². The molecule has 1 aliphatic rings. The van der Waals surface area contributed by atoms with Crippen molar-refractivity contribution in [3.05, 3.63) is 17.6 Å². The Morgan fingerprint density at radius 2 is 2.22 bits per heavy atom. The first-order chi connectivity index (χ1) is 8.50. The number of fused-ring (bicyclic) bond motifs is 1. The van der Waals surface area contributed by atoms with Crippen LogP contribution in [0.2, 0.25) is 0 Å². The molecule has 5 heteroatoms. The summed E-state index contributed by atoms with van der Waals surface area (Å²) < 4.78 is 0. The normalized spacial score (nSPS) is 14.3. The molecule has 0 spiro atoms. The fourth-order valence-corrected chi connectivity index (χ4v) is 2.11. The zero-order valence-electron chi connectivity index (χ0n) is 10.9. The van der Waals surface area contributed by atoms with Crippen LogP contribution >= 0.6 is 0 Å². The number of aliphatic carboxylic acids is 1. The lowest BCUT2D eigenvalue weighted by molar-refractivity contribution is -0.147. The van der Waals surface area contributed by atoms with Crippen molar-refractivity contribution in [1.82, 2.24) is 9.97 Å². The van der Waals surface area contributed by atoms with Gasteiger partial charge in [0, 0.05) is 17.8 Å². The minimum atomic E-state index is -0.766. The monoisotopic (exact) mass is 249 g/mol. The van der Waals surface area contributed by atoms with Gasteiger partial charge in [-0.1, -0.05) is 0 Å². The molecule has 18 heavy (non-hydrogen) atoms. The van der Waals surface area contributed by atoms with Crippen molar-refractivity contribution in [3.63, 3.8) is 0 Å². The van der Waals surface area contributed by atoms with Crippen molar-refractivity contribution in [2.75, 3.05) is 11.9 Å². The Labute approximate surface area is 107 Å². The van der Waals surface area contributed by atoms with Gasteiger partial charge >= 0.3 is 5.97 Å². The number of carbonyl (C=O) groups is 1. The Hall–Kier alpha value is -1.65. The van der Waals surface area contributed by atoms with Crippen LogP contribution in [0.25, 0.3) is 0 Å². The van der Waals surface area contributed by atoms with Crippen molar-refractivity contribution >= 4 is 11.8 Å². The largest absolute Gasteiger partial charge is 0.481 e. The molecule has 0 bridgehead atoms. The molecular formula is C13H19N3O2. The molecule has 0 unspecified atom stereocenters. The number of anilines is 1. The van der Waals surface area contributed by atoms with Gasteiger partial charge in [-0.05, 0) is 39.5 Å². The lowest BCUT2D eigenvalue weighted by Crippen LogP contribution is -2.26. The van der Waals surface area contributed by atoms with Crippen LogP contribution in [0.15, 0.2) is 6.33 Å². The van der Waals surface area contributed by atoms with Crippen LogP contribution in [0, 0.1) is 5.41 Å². The molecule has 5 nitrogen and oxygen atoms in total. The summed E-state index contributed by atoms with van der Waals surface area (Å²) in [6, 6.07) is 0. The number of nitrogens with zero attached hydrogens (tertiary/aromatic N) is 2. The van der Waals surface area contributed by atoms with Gasteiger partial charge in [0.2, 0.25) is 0 Å². The third kappa shape index (κ3) is 2.60. The topological polar surface area (TPSA) is 75.1 Å². The van der Waals surface area contributed by atoms with Crippen molar-refractivity contribution < 1.29 is 9.90 Å². The molecule has 1 heterocycles. The predicted molar refractivity (Wildman–Crippen MR) is 68.6 cm³/mol. The van der Waals surface area contributed by atoms with Gasteiger partial charge in [0.25, 0.3) is 0 Å². The van der Waals surface area contributed by atoms with Crippen molar-refractivity contribution in [2.24, 2.45) is 5.41 Å². The Bertz CT molecular complexity index is 458. The third-order valence-corrected chi connectivity index (χ3v) is 3.50. The second-order valence-electron chi connectivity index (χ2n) is 5.37. The van der Waals surface area contributed by atoms with Gasteiger partial charge in [0.15, 0.2) is 0 Å². The molecule has 0 atom stereocenters. The number of hydrogen-bond donors (Lipinski definition) is 2. The Morgan fingerprint density at radius 1 is 1.44 bits per heavy atom. The molecule has 1 aromatic rings. The highest BCUT2D eigenvalue weighted by molar-refractivity contribution is 5.73. The molecule has 0 aliphatic heterocycles. The van der Waals surface area contributed by atoms with Crippen LogP contribution < -0.4 is 5.32 Å². The van der Waals surface area contributed by atoms with E-state index in [0.29, 0.717) is 13.0 Å². The van der Waals surface area contributed by atoms with E-state index in [4.69, 9.17) is 5.11 Å². The van der Waals surface area contributed by atoms with Gasteiger partial charge < -0.3 is 10.4 Å². The molecule has 0 fully saturated rings. The van der Waals surface area contributed by atoms with Gasteiger partial charge in [-0.2, -0.15) is 0 Å². The number of aryl methyl sites for hydroxylation is 1. The molecule has 98 valence electrons. The second-order valence-corrected chi connectivity index (χ2v) is 5.37. The fraction of sp³-hybridized carbons (Fsp3) is 0.615.